The summed E-state index contributed by atoms with van der Waals surface area (Å²) in [6.07, 6.45) is 0.796. The van der Waals surface area contributed by atoms with Crippen molar-refractivity contribution in [1.82, 2.24) is 14.7 Å². The van der Waals surface area contributed by atoms with Gasteiger partial charge < -0.3 is 9.64 Å². The number of piperazine rings is 1. The molecule has 34 heavy (non-hydrogen) atoms. The van der Waals surface area contributed by atoms with E-state index in [-0.39, 0.29) is 17.3 Å². The molecule has 1 aromatic heterocycles. The van der Waals surface area contributed by atoms with Gasteiger partial charge in [0.1, 0.15) is 5.75 Å². The van der Waals surface area contributed by atoms with Crippen LogP contribution in [0.5, 0.6) is 5.75 Å². The molecule has 0 N–H and O–H groups in total. The molecule has 1 fully saturated rings. The minimum atomic E-state index is -0.248. The van der Waals surface area contributed by atoms with Crippen LogP contribution in [0.25, 0.3) is 0 Å². The van der Waals surface area contributed by atoms with E-state index in [0.717, 1.165) is 50.6 Å². The maximum Gasteiger partial charge on any atom is 0.232 e. The van der Waals surface area contributed by atoms with Crippen LogP contribution in [0.4, 0.5) is 5.69 Å². The van der Waals surface area contributed by atoms with Gasteiger partial charge in [0.05, 0.1) is 24.4 Å². The number of para-hydroxylation sites is 2. The molecule has 2 heterocycles. The Labute approximate surface area is 198 Å². The Kier molecular flexibility index (Phi) is 6.02. The van der Waals surface area contributed by atoms with Gasteiger partial charge in [-0.15, -0.1) is 0 Å². The molecule has 1 aliphatic carbocycles. The van der Waals surface area contributed by atoms with Crippen molar-refractivity contribution in [2.45, 2.75) is 13.0 Å². The standard InChI is InChI=1S/C25H28N5O4/c1-33-21-11-6-5-10-20(21)28-16-14-27(15-17-28)12-7-13-29-23-22(26-30(29)34-2)24(31)18-8-3-4-9-19(18)25(23)32/h3-6,8-11H,7,12-17H2,1-2H3/q+1. The molecule has 1 saturated heterocycles. The molecule has 2 aliphatic rings. The highest BCUT2D eigenvalue weighted by atomic mass is 16.7. The van der Waals surface area contributed by atoms with Crippen LogP contribution in [0.15, 0.2) is 48.5 Å². The SMILES string of the molecule is COc1ccccc1N1CCN(CCCn2c3c(n[n+]2OC)C(=O)c2ccccc2C3=O)CC1. The Hall–Kier alpha value is -3.72. The molecule has 9 nitrogen and oxygen atoms in total. The molecule has 5 rings (SSSR count). The Morgan fingerprint density at radius 1 is 0.882 bits per heavy atom. The molecule has 0 spiro atoms. The summed E-state index contributed by atoms with van der Waals surface area (Å²) in [6, 6.07) is 15.0. The van der Waals surface area contributed by atoms with Crippen molar-refractivity contribution in [2.75, 3.05) is 51.8 Å². The lowest BCUT2D eigenvalue weighted by atomic mass is 9.90. The van der Waals surface area contributed by atoms with Crippen molar-refractivity contribution in [2.24, 2.45) is 0 Å². The first-order chi connectivity index (χ1) is 16.6. The molecule has 0 atom stereocenters. The predicted molar refractivity (Wildman–Crippen MR) is 124 cm³/mol. The van der Waals surface area contributed by atoms with E-state index in [1.807, 2.05) is 18.2 Å². The maximum absolute atomic E-state index is 13.2. The third kappa shape index (κ3) is 3.81. The number of ketones is 2. The summed E-state index contributed by atoms with van der Waals surface area (Å²) < 4.78 is 7.18. The molecule has 0 bridgehead atoms. The highest BCUT2D eigenvalue weighted by Crippen LogP contribution is 2.28. The van der Waals surface area contributed by atoms with Crippen LogP contribution in [-0.2, 0) is 6.54 Å². The maximum atomic E-state index is 13.2. The van der Waals surface area contributed by atoms with Gasteiger partial charge in [-0.05, 0) is 18.6 Å². The molecule has 1 aliphatic heterocycles. The molecule has 0 radical (unpaired) electrons. The molecule has 2 aromatic carbocycles. The second-order valence-corrected chi connectivity index (χ2v) is 8.41. The fourth-order valence-corrected chi connectivity index (χ4v) is 4.79. The smallest absolute Gasteiger partial charge is 0.232 e. The number of anilines is 1. The zero-order chi connectivity index (χ0) is 23.7. The minimum absolute atomic E-state index is 0.149. The van der Waals surface area contributed by atoms with Gasteiger partial charge in [-0.2, -0.15) is 0 Å². The van der Waals surface area contributed by atoms with Crippen LogP contribution in [0.2, 0.25) is 0 Å². The summed E-state index contributed by atoms with van der Waals surface area (Å²) in [5, 5.41) is 4.28. The Morgan fingerprint density at radius 2 is 1.56 bits per heavy atom. The van der Waals surface area contributed by atoms with Crippen molar-refractivity contribution < 1.29 is 24.1 Å². The average Bonchev–Trinajstić information content (AvgIpc) is 3.26. The predicted octanol–water partition coefficient (Wildman–Crippen LogP) is 1.23. The first kappa shape index (κ1) is 22.1. The third-order valence-electron chi connectivity index (χ3n) is 6.53. The molecular weight excluding hydrogens is 434 g/mol. The number of carbonyl (C=O) groups excluding carboxylic acids is 2. The first-order valence-corrected chi connectivity index (χ1v) is 11.5. The van der Waals surface area contributed by atoms with Gasteiger partial charge in [-0.1, -0.05) is 41.1 Å². The number of benzene rings is 2. The topological polar surface area (TPSA) is 80.8 Å². The van der Waals surface area contributed by atoms with Gasteiger partial charge in [0.2, 0.25) is 22.2 Å². The van der Waals surface area contributed by atoms with E-state index in [1.54, 1.807) is 36.1 Å². The quantitative estimate of drug-likeness (QED) is 0.382. The van der Waals surface area contributed by atoms with Gasteiger partial charge in [0.25, 0.3) is 0 Å². The lowest BCUT2D eigenvalue weighted by Gasteiger charge is -2.36. The highest BCUT2D eigenvalue weighted by Gasteiger charge is 2.41. The van der Waals surface area contributed by atoms with E-state index >= 15 is 0 Å². The lowest BCUT2D eigenvalue weighted by molar-refractivity contribution is -0.986. The summed E-state index contributed by atoms with van der Waals surface area (Å²) in [7, 11) is 3.18. The zero-order valence-electron chi connectivity index (χ0n) is 19.4. The Bertz CT molecular complexity index is 1230. The lowest BCUT2D eigenvalue weighted by Crippen LogP contribution is -2.52. The van der Waals surface area contributed by atoms with Crippen LogP contribution in [0.1, 0.15) is 38.5 Å². The van der Waals surface area contributed by atoms with E-state index in [9.17, 15) is 9.59 Å². The number of aromatic nitrogens is 3. The Morgan fingerprint density at radius 3 is 2.26 bits per heavy atom. The van der Waals surface area contributed by atoms with E-state index in [1.165, 1.54) is 12.1 Å². The van der Waals surface area contributed by atoms with E-state index < -0.39 is 0 Å². The second kappa shape index (κ2) is 9.26. The van der Waals surface area contributed by atoms with Gasteiger partial charge >= 0.3 is 0 Å². The van der Waals surface area contributed by atoms with Crippen LogP contribution in [0.3, 0.4) is 0 Å². The number of methoxy groups -OCH3 is 1. The van der Waals surface area contributed by atoms with Gasteiger partial charge in [-0.3, -0.25) is 14.5 Å². The molecular formula is C25H28N5O4+. The fraction of sp³-hybridized carbons (Fsp3) is 0.360. The number of rotatable bonds is 7. The number of hydrogen-bond donors (Lipinski definition) is 0. The van der Waals surface area contributed by atoms with Crippen molar-refractivity contribution in [3.63, 3.8) is 0 Å². The third-order valence-corrected chi connectivity index (χ3v) is 6.53. The van der Waals surface area contributed by atoms with Crippen LogP contribution in [-0.4, -0.2) is 73.2 Å². The van der Waals surface area contributed by atoms with Gasteiger partial charge in [-0.25, -0.2) is 4.84 Å². The van der Waals surface area contributed by atoms with Crippen LogP contribution in [0, 0.1) is 0 Å². The van der Waals surface area contributed by atoms with Crippen molar-refractivity contribution in [3.05, 3.63) is 71.0 Å². The van der Waals surface area contributed by atoms with Gasteiger partial charge in [0, 0.05) is 43.9 Å². The number of nitrogens with zero attached hydrogens (tertiary/aromatic N) is 5. The number of fused-ring (bicyclic) bond motifs is 2. The molecule has 3 aromatic rings. The summed E-state index contributed by atoms with van der Waals surface area (Å²) >= 11 is 0. The normalized spacial score (nSPS) is 15.8. The van der Waals surface area contributed by atoms with Crippen molar-refractivity contribution in [1.29, 1.82) is 0 Å². The first-order valence-electron chi connectivity index (χ1n) is 11.5. The van der Waals surface area contributed by atoms with Gasteiger partial charge in [0.15, 0.2) is 12.8 Å². The summed E-state index contributed by atoms with van der Waals surface area (Å²) in [5.41, 5.74) is 2.37. The van der Waals surface area contributed by atoms with Crippen LogP contribution < -0.4 is 19.4 Å². The largest absolute Gasteiger partial charge is 0.495 e. The summed E-state index contributed by atoms with van der Waals surface area (Å²) in [5.74, 6) is 0.451. The van der Waals surface area contributed by atoms with Crippen LogP contribution >= 0.6 is 0 Å². The molecule has 9 heteroatoms. The van der Waals surface area contributed by atoms with Crippen molar-refractivity contribution >= 4 is 17.3 Å². The molecule has 0 saturated carbocycles. The molecule has 0 amide bonds. The summed E-state index contributed by atoms with van der Waals surface area (Å²) in [6.45, 7) is 5.11. The van der Waals surface area contributed by atoms with Crippen molar-refractivity contribution in [3.8, 4) is 5.75 Å². The van der Waals surface area contributed by atoms with E-state index in [0.29, 0.717) is 23.4 Å². The molecule has 0 unspecified atom stereocenters. The number of carbonyl (C=O) groups is 2. The summed E-state index contributed by atoms with van der Waals surface area (Å²) in [4.78, 5) is 37.5. The minimum Gasteiger partial charge on any atom is -0.495 e. The monoisotopic (exact) mass is 462 g/mol. The molecule has 176 valence electrons. The van der Waals surface area contributed by atoms with E-state index in [4.69, 9.17) is 9.57 Å². The van der Waals surface area contributed by atoms with E-state index in [2.05, 4.69) is 21.0 Å². The average molecular weight is 463 g/mol. The second-order valence-electron chi connectivity index (χ2n) is 8.41. The highest BCUT2D eigenvalue weighted by molar-refractivity contribution is 6.26. The Balaban J connectivity index is 1.24. The zero-order valence-corrected chi connectivity index (χ0v) is 19.4. The fourth-order valence-electron chi connectivity index (χ4n) is 4.79. The number of ether oxygens (including phenoxy) is 1. The number of hydrogen-bond acceptors (Lipinski definition) is 7.